The number of hydrogen-bond donors (Lipinski definition) is 0. The van der Waals surface area contributed by atoms with Crippen molar-refractivity contribution in [3.8, 4) is 5.75 Å². The average molecular weight is 172 g/mol. The second-order valence-corrected chi connectivity index (χ2v) is 2.64. The monoisotopic (exact) mass is 172 g/mol. The molecule has 0 fully saturated rings. The first-order valence-corrected chi connectivity index (χ1v) is 3.52. The molecule has 0 radical (unpaired) electrons. The highest BCUT2D eigenvalue weighted by Gasteiger charge is 2.04. The zero-order chi connectivity index (χ0) is 8.43. The molecular weight excluding hydrogens is 165 g/mol. The first kappa shape index (κ1) is 8.40. The molecule has 0 saturated heterocycles. The molecule has 0 spiro atoms. The molecular formula is C7H7BClFO. The van der Waals surface area contributed by atoms with Gasteiger partial charge in [-0.15, -0.1) is 0 Å². The van der Waals surface area contributed by atoms with Crippen LogP contribution in [0.15, 0.2) is 12.1 Å². The molecule has 1 aromatic carbocycles. The highest BCUT2D eigenvalue weighted by Crippen LogP contribution is 2.17. The van der Waals surface area contributed by atoms with Gasteiger partial charge in [-0.1, -0.05) is 17.1 Å². The molecule has 0 aliphatic heterocycles. The van der Waals surface area contributed by atoms with Crippen LogP contribution in [0.25, 0.3) is 0 Å². The van der Waals surface area contributed by atoms with Gasteiger partial charge in [0.05, 0.1) is 7.11 Å². The van der Waals surface area contributed by atoms with E-state index in [4.69, 9.17) is 16.3 Å². The van der Waals surface area contributed by atoms with Crippen molar-refractivity contribution in [3.05, 3.63) is 23.0 Å². The van der Waals surface area contributed by atoms with Crippen LogP contribution < -0.4 is 10.2 Å². The van der Waals surface area contributed by atoms with E-state index in [1.165, 1.54) is 13.2 Å². The molecule has 4 heteroatoms. The molecule has 58 valence electrons. The molecule has 0 heterocycles. The third-order valence-corrected chi connectivity index (χ3v) is 1.84. The van der Waals surface area contributed by atoms with E-state index >= 15 is 0 Å². The van der Waals surface area contributed by atoms with Gasteiger partial charge in [0, 0.05) is 5.02 Å². The summed E-state index contributed by atoms with van der Waals surface area (Å²) in [6.07, 6.45) is 0. The Bertz CT molecular complexity index is 277. The fourth-order valence-corrected chi connectivity index (χ4v) is 0.938. The van der Waals surface area contributed by atoms with Crippen LogP contribution in [0.1, 0.15) is 0 Å². The lowest BCUT2D eigenvalue weighted by Crippen LogP contribution is -2.05. The maximum absolute atomic E-state index is 12.8. The molecule has 1 nitrogen and oxygen atoms in total. The third kappa shape index (κ3) is 1.66. The molecule has 0 bridgehead atoms. The van der Waals surface area contributed by atoms with Crippen LogP contribution in [-0.2, 0) is 0 Å². The number of ether oxygens (including phenoxy) is 1. The van der Waals surface area contributed by atoms with Crippen LogP contribution >= 0.6 is 11.6 Å². The van der Waals surface area contributed by atoms with Crippen LogP contribution in [0, 0.1) is 5.82 Å². The predicted octanol–water partition coefficient (Wildman–Crippen LogP) is 0.746. The first-order valence-electron chi connectivity index (χ1n) is 3.15. The van der Waals surface area contributed by atoms with Crippen LogP contribution in [0.3, 0.4) is 0 Å². The van der Waals surface area contributed by atoms with Gasteiger partial charge in [0.2, 0.25) is 0 Å². The van der Waals surface area contributed by atoms with E-state index in [1.807, 2.05) is 0 Å². The van der Waals surface area contributed by atoms with E-state index < -0.39 is 5.82 Å². The van der Waals surface area contributed by atoms with Crippen molar-refractivity contribution in [2.75, 3.05) is 7.11 Å². The van der Waals surface area contributed by atoms with Gasteiger partial charge in [0.25, 0.3) is 0 Å². The molecule has 0 N–H and O–H groups in total. The van der Waals surface area contributed by atoms with Crippen LogP contribution in [-0.4, -0.2) is 15.0 Å². The van der Waals surface area contributed by atoms with Gasteiger partial charge in [-0.25, -0.2) is 4.39 Å². The maximum Gasteiger partial charge on any atom is 0.166 e. The van der Waals surface area contributed by atoms with E-state index in [0.29, 0.717) is 5.02 Å². The molecule has 0 unspecified atom stereocenters. The van der Waals surface area contributed by atoms with Crippen molar-refractivity contribution >= 4 is 24.9 Å². The third-order valence-electron chi connectivity index (χ3n) is 1.43. The van der Waals surface area contributed by atoms with Gasteiger partial charge < -0.3 is 4.74 Å². The fraction of sp³-hybridized carbons (Fsp3) is 0.143. The number of benzene rings is 1. The molecule has 0 aliphatic rings. The summed E-state index contributed by atoms with van der Waals surface area (Å²) in [5.74, 6) is -0.199. The minimum atomic E-state index is -0.428. The van der Waals surface area contributed by atoms with Gasteiger partial charge >= 0.3 is 0 Å². The molecule has 0 amide bonds. The smallest absolute Gasteiger partial charge is 0.166 e. The highest BCUT2D eigenvalue weighted by molar-refractivity contribution is 6.45. The van der Waals surface area contributed by atoms with Gasteiger partial charge in [-0.3, -0.25) is 0 Å². The first-order chi connectivity index (χ1) is 5.15. The summed E-state index contributed by atoms with van der Waals surface area (Å²) in [4.78, 5) is 0. The Balaban J connectivity index is 3.21. The largest absolute Gasteiger partial charge is 0.494 e. The Hall–Kier alpha value is -0.695. The zero-order valence-corrected chi connectivity index (χ0v) is 7.07. The van der Waals surface area contributed by atoms with E-state index in [2.05, 4.69) is 0 Å². The summed E-state index contributed by atoms with van der Waals surface area (Å²) in [6.45, 7) is 0. The van der Waals surface area contributed by atoms with E-state index in [1.54, 1.807) is 13.9 Å². The lowest BCUT2D eigenvalue weighted by atomic mass is 9.96. The lowest BCUT2D eigenvalue weighted by molar-refractivity contribution is 0.387. The molecule has 1 rings (SSSR count). The van der Waals surface area contributed by atoms with Gasteiger partial charge in [-0.2, -0.15) is 0 Å². The zero-order valence-electron chi connectivity index (χ0n) is 6.32. The van der Waals surface area contributed by atoms with E-state index in [9.17, 15) is 4.39 Å². The minimum absolute atomic E-state index is 0.229. The Kier molecular flexibility index (Phi) is 2.40. The van der Waals surface area contributed by atoms with Crippen molar-refractivity contribution < 1.29 is 9.13 Å². The Morgan fingerprint density at radius 2 is 2.18 bits per heavy atom. The normalized spacial score (nSPS) is 9.73. The topological polar surface area (TPSA) is 9.23 Å². The summed E-state index contributed by atoms with van der Waals surface area (Å²) >= 11 is 5.65. The van der Waals surface area contributed by atoms with E-state index in [-0.39, 0.29) is 5.75 Å². The summed E-state index contributed by atoms with van der Waals surface area (Å²) < 4.78 is 17.6. The second kappa shape index (κ2) is 3.14. The number of halogens is 2. The number of methoxy groups -OCH3 is 1. The van der Waals surface area contributed by atoms with Crippen LogP contribution in [0.4, 0.5) is 4.39 Å². The van der Waals surface area contributed by atoms with Crippen molar-refractivity contribution in [3.63, 3.8) is 0 Å². The fourth-order valence-electron chi connectivity index (χ4n) is 0.787. The highest BCUT2D eigenvalue weighted by atomic mass is 35.5. The molecule has 0 saturated carbocycles. The standard InChI is InChI=1S/C7H7BClFO/c1-11-7-2-4(8)5(9)3-6(7)10/h2-3H,8H2,1H3. The number of hydrogen-bond acceptors (Lipinski definition) is 1. The summed E-state index contributed by atoms with van der Waals surface area (Å²) in [5, 5.41) is 0.420. The maximum atomic E-state index is 12.8. The Morgan fingerprint density at radius 3 is 2.73 bits per heavy atom. The minimum Gasteiger partial charge on any atom is -0.494 e. The second-order valence-electron chi connectivity index (χ2n) is 2.24. The van der Waals surface area contributed by atoms with Crippen LogP contribution in [0.5, 0.6) is 5.75 Å². The van der Waals surface area contributed by atoms with E-state index in [0.717, 1.165) is 5.46 Å². The van der Waals surface area contributed by atoms with Crippen molar-refractivity contribution in [2.45, 2.75) is 0 Å². The van der Waals surface area contributed by atoms with Crippen molar-refractivity contribution in [1.82, 2.24) is 0 Å². The molecule has 0 aliphatic carbocycles. The Labute approximate surface area is 70.5 Å². The SMILES string of the molecule is Bc1cc(OC)c(F)cc1Cl. The van der Waals surface area contributed by atoms with Gasteiger partial charge in [0.1, 0.15) is 7.85 Å². The molecule has 11 heavy (non-hydrogen) atoms. The molecule has 0 atom stereocenters. The molecule has 1 aromatic rings. The summed E-state index contributed by atoms with van der Waals surface area (Å²) in [5.41, 5.74) is 0.810. The quantitative estimate of drug-likeness (QED) is 0.568. The van der Waals surface area contributed by atoms with Gasteiger partial charge in [-0.05, 0) is 12.1 Å². The van der Waals surface area contributed by atoms with Crippen molar-refractivity contribution in [2.24, 2.45) is 0 Å². The number of rotatable bonds is 1. The van der Waals surface area contributed by atoms with Crippen molar-refractivity contribution in [1.29, 1.82) is 0 Å². The summed E-state index contributed by atoms with van der Waals surface area (Å²) in [6, 6.07) is 2.81. The van der Waals surface area contributed by atoms with Crippen LogP contribution in [0.2, 0.25) is 5.02 Å². The summed E-state index contributed by atoms with van der Waals surface area (Å²) in [7, 11) is 3.22. The Morgan fingerprint density at radius 1 is 1.55 bits per heavy atom. The molecule has 0 aromatic heterocycles. The average Bonchev–Trinajstić information content (AvgIpc) is 1.97. The lowest BCUT2D eigenvalue weighted by Gasteiger charge is -2.03. The predicted molar refractivity (Wildman–Crippen MR) is 46.1 cm³/mol. The van der Waals surface area contributed by atoms with Gasteiger partial charge in [0.15, 0.2) is 11.6 Å².